The van der Waals surface area contributed by atoms with Crippen molar-refractivity contribution in [3.63, 3.8) is 0 Å². The van der Waals surface area contributed by atoms with E-state index in [0.717, 1.165) is 6.42 Å². The van der Waals surface area contributed by atoms with E-state index in [1.807, 2.05) is 6.92 Å². The Morgan fingerprint density at radius 3 is 2.62 bits per heavy atom. The van der Waals surface area contributed by atoms with Gasteiger partial charge in [0.2, 0.25) is 11.8 Å². The van der Waals surface area contributed by atoms with Gasteiger partial charge in [-0.15, -0.1) is 11.8 Å². The molecule has 0 aliphatic carbocycles. The summed E-state index contributed by atoms with van der Waals surface area (Å²) in [5.74, 6) is 1.33. The summed E-state index contributed by atoms with van der Waals surface area (Å²) < 4.78 is 0. The highest BCUT2D eigenvalue weighted by Crippen LogP contribution is 2.26. The van der Waals surface area contributed by atoms with Crippen LogP contribution in [-0.4, -0.2) is 40.4 Å². The Labute approximate surface area is 162 Å². The highest BCUT2D eigenvalue weighted by molar-refractivity contribution is 7.99. The normalized spacial score (nSPS) is 18.7. The maximum atomic E-state index is 12.7. The highest BCUT2D eigenvalue weighted by Gasteiger charge is 2.36. The zero-order chi connectivity index (χ0) is 19.5. The third-order valence-corrected chi connectivity index (χ3v) is 5.61. The first kappa shape index (κ1) is 20.8. The maximum Gasteiger partial charge on any atom is 0.243 e. The van der Waals surface area contributed by atoms with Crippen molar-refractivity contribution < 1.29 is 9.59 Å². The molecule has 1 heterocycles. The van der Waals surface area contributed by atoms with Crippen LogP contribution in [0.15, 0.2) is 18.2 Å². The maximum absolute atomic E-state index is 12.7. The molecule has 1 aliphatic rings. The van der Waals surface area contributed by atoms with E-state index in [4.69, 9.17) is 0 Å². The Morgan fingerprint density at radius 2 is 2.00 bits per heavy atom. The molecule has 26 heavy (non-hydrogen) atoms. The molecule has 0 radical (unpaired) electrons. The third kappa shape index (κ3) is 5.76. The van der Waals surface area contributed by atoms with Crippen LogP contribution in [0.2, 0.25) is 0 Å². The summed E-state index contributed by atoms with van der Waals surface area (Å²) >= 11 is 1.65. The van der Waals surface area contributed by atoms with Gasteiger partial charge in [-0.3, -0.25) is 9.59 Å². The molecule has 1 saturated heterocycles. The molecule has 2 amide bonds. The van der Waals surface area contributed by atoms with Gasteiger partial charge in [-0.2, -0.15) is 0 Å². The molecule has 2 atom stereocenters. The first-order valence-corrected chi connectivity index (χ1v) is 10.5. The van der Waals surface area contributed by atoms with E-state index in [2.05, 4.69) is 58.1 Å². The number of aryl methyl sites for hydroxylation is 2. The van der Waals surface area contributed by atoms with Gasteiger partial charge in [0.15, 0.2) is 0 Å². The number of amides is 2. The minimum Gasteiger partial charge on any atom is -0.351 e. The average molecular weight is 377 g/mol. The lowest BCUT2D eigenvalue weighted by molar-refractivity contribution is -0.139. The van der Waals surface area contributed by atoms with Crippen LogP contribution in [0.3, 0.4) is 0 Å². The minimum absolute atomic E-state index is 0.0328. The summed E-state index contributed by atoms with van der Waals surface area (Å²) in [5, 5.41) is 3.11. The zero-order valence-electron chi connectivity index (χ0n) is 16.9. The summed E-state index contributed by atoms with van der Waals surface area (Å²) in [4.78, 5) is 27.1. The molecule has 0 spiro atoms. The first-order valence-electron chi connectivity index (χ1n) is 9.30. The van der Waals surface area contributed by atoms with E-state index in [-0.39, 0.29) is 29.3 Å². The second-order valence-corrected chi connectivity index (χ2v) is 9.66. The number of thioether (sulfide) groups is 1. The van der Waals surface area contributed by atoms with Crippen molar-refractivity contribution in [3.05, 3.63) is 34.9 Å². The number of hydrogen-bond donors (Lipinski definition) is 1. The SMILES string of the molecule is Cc1ccc(CC(C)NC(=O)C2CSCN2C(=O)CC(C)(C)C)c(C)c1. The number of carbonyl (C=O) groups is 2. The van der Waals surface area contributed by atoms with E-state index >= 15 is 0 Å². The van der Waals surface area contributed by atoms with Gasteiger partial charge in [0, 0.05) is 18.2 Å². The van der Waals surface area contributed by atoms with Crippen LogP contribution in [0.4, 0.5) is 0 Å². The van der Waals surface area contributed by atoms with Crippen LogP contribution < -0.4 is 5.32 Å². The smallest absolute Gasteiger partial charge is 0.243 e. The quantitative estimate of drug-likeness (QED) is 0.853. The monoisotopic (exact) mass is 376 g/mol. The zero-order valence-corrected chi connectivity index (χ0v) is 17.7. The minimum atomic E-state index is -0.351. The van der Waals surface area contributed by atoms with E-state index in [1.165, 1.54) is 16.7 Å². The van der Waals surface area contributed by atoms with E-state index in [9.17, 15) is 9.59 Å². The predicted octanol–water partition coefficient (Wildman–Crippen LogP) is 3.69. The molecule has 0 saturated carbocycles. The Morgan fingerprint density at radius 1 is 1.31 bits per heavy atom. The van der Waals surface area contributed by atoms with Crippen LogP contribution in [0.1, 0.15) is 50.8 Å². The van der Waals surface area contributed by atoms with Crippen molar-refractivity contribution in [2.24, 2.45) is 5.41 Å². The van der Waals surface area contributed by atoms with Gasteiger partial charge in [-0.1, -0.05) is 44.5 Å². The first-order chi connectivity index (χ1) is 12.1. The number of carbonyl (C=O) groups excluding carboxylic acids is 2. The highest BCUT2D eigenvalue weighted by atomic mass is 32.2. The summed E-state index contributed by atoms with van der Waals surface area (Å²) in [6.45, 7) is 12.4. The van der Waals surface area contributed by atoms with Gasteiger partial charge in [0.05, 0.1) is 5.88 Å². The second kappa shape index (κ2) is 8.47. The molecule has 144 valence electrons. The van der Waals surface area contributed by atoms with Crippen molar-refractivity contribution in [2.75, 3.05) is 11.6 Å². The van der Waals surface area contributed by atoms with Crippen LogP contribution in [0, 0.1) is 19.3 Å². The topological polar surface area (TPSA) is 49.4 Å². The molecule has 5 heteroatoms. The van der Waals surface area contributed by atoms with Gasteiger partial charge in [0.1, 0.15) is 6.04 Å². The lowest BCUT2D eigenvalue weighted by Crippen LogP contribution is -2.50. The molecular formula is C21H32N2O2S. The number of benzene rings is 1. The molecule has 1 aromatic carbocycles. The van der Waals surface area contributed by atoms with Gasteiger partial charge >= 0.3 is 0 Å². The van der Waals surface area contributed by atoms with E-state index in [0.29, 0.717) is 18.1 Å². The molecule has 0 aromatic heterocycles. The molecular weight excluding hydrogens is 344 g/mol. The van der Waals surface area contributed by atoms with Crippen molar-refractivity contribution in [3.8, 4) is 0 Å². The fraction of sp³-hybridized carbons (Fsp3) is 0.619. The third-order valence-electron chi connectivity index (χ3n) is 4.60. The van der Waals surface area contributed by atoms with Gasteiger partial charge < -0.3 is 10.2 Å². The molecule has 1 aromatic rings. The van der Waals surface area contributed by atoms with E-state index in [1.54, 1.807) is 16.7 Å². The Hall–Kier alpha value is -1.49. The Kier molecular flexibility index (Phi) is 6.78. The Bertz CT molecular complexity index is 666. The van der Waals surface area contributed by atoms with Crippen molar-refractivity contribution in [2.45, 2.75) is 66.5 Å². The molecule has 1 N–H and O–H groups in total. The summed E-state index contributed by atoms with van der Waals surface area (Å²) in [5.41, 5.74) is 3.69. The van der Waals surface area contributed by atoms with Gasteiger partial charge in [-0.25, -0.2) is 0 Å². The lowest BCUT2D eigenvalue weighted by atomic mass is 9.91. The van der Waals surface area contributed by atoms with Crippen LogP contribution in [0.5, 0.6) is 0 Å². The number of rotatable bonds is 5. The van der Waals surface area contributed by atoms with Crippen LogP contribution in [-0.2, 0) is 16.0 Å². The van der Waals surface area contributed by atoms with Gasteiger partial charge in [0.25, 0.3) is 0 Å². The fourth-order valence-corrected chi connectivity index (χ4v) is 4.44. The van der Waals surface area contributed by atoms with Crippen LogP contribution >= 0.6 is 11.8 Å². The molecule has 4 nitrogen and oxygen atoms in total. The average Bonchev–Trinajstić information content (AvgIpc) is 2.98. The second-order valence-electron chi connectivity index (χ2n) is 8.66. The molecule has 2 rings (SSSR count). The lowest BCUT2D eigenvalue weighted by Gasteiger charge is -2.28. The summed E-state index contributed by atoms with van der Waals surface area (Å²) in [6.07, 6.45) is 1.27. The Balaban J connectivity index is 1.96. The van der Waals surface area contributed by atoms with Crippen molar-refractivity contribution >= 4 is 23.6 Å². The standard InChI is InChI=1S/C21H32N2O2S/c1-14-7-8-17(15(2)9-14)10-16(3)22-20(25)18-12-26-13-23(18)19(24)11-21(4,5)6/h7-9,16,18H,10-13H2,1-6H3,(H,22,25). The van der Waals surface area contributed by atoms with Crippen molar-refractivity contribution in [1.29, 1.82) is 0 Å². The largest absolute Gasteiger partial charge is 0.351 e. The molecule has 2 unspecified atom stereocenters. The summed E-state index contributed by atoms with van der Waals surface area (Å²) in [6, 6.07) is 6.10. The molecule has 0 bridgehead atoms. The number of hydrogen-bond acceptors (Lipinski definition) is 3. The predicted molar refractivity (Wildman–Crippen MR) is 109 cm³/mol. The molecule has 1 fully saturated rings. The molecule has 1 aliphatic heterocycles. The van der Waals surface area contributed by atoms with Crippen molar-refractivity contribution in [1.82, 2.24) is 10.2 Å². The van der Waals surface area contributed by atoms with Crippen LogP contribution in [0.25, 0.3) is 0 Å². The number of nitrogens with one attached hydrogen (secondary N) is 1. The van der Waals surface area contributed by atoms with Gasteiger partial charge in [-0.05, 0) is 43.7 Å². The number of nitrogens with zero attached hydrogens (tertiary/aromatic N) is 1. The van der Waals surface area contributed by atoms with E-state index < -0.39 is 0 Å². The summed E-state index contributed by atoms with van der Waals surface area (Å²) in [7, 11) is 0. The fourth-order valence-electron chi connectivity index (χ4n) is 3.26.